The van der Waals surface area contributed by atoms with Crippen LogP contribution in [0.2, 0.25) is 5.02 Å². The number of benzene rings is 2. The minimum atomic E-state index is -4.18. The first-order valence-electron chi connectivity index (χ1n) is 7.50. The zero-order chi connectivity index (χ0) is 18.2. The molecule has 0 atom stereocenters. The SMILES string of the molecule is O=[N+]([O-])c1cc(Cl)ccc1S(=O)(=O)N(Cc1ccccc1F)C1CC1. The number of nitro groups is 1. The summed E-state index contributed by atoms with van der Waals surface area (Å²) in [5.41, 5.74) is -0.374. The minimum Gasteiger partial charge on any atom is -0.258 e. The molecule has 0 amide bonds. The Morgan fingerprint density at radius 2 is 1.92 bits per heavy atom. The van der Waals surface area contributed by atoms with Crippen LogP contribution in [-0.2, 0) is 16.6 Å². The molecule has 1 aliphatic carbocycles. The van der Waals surface area contributed by atoms with Crippen molar-refractivity contribution in [2.75, 3.05) is 0 Å². The molecule has 2 aromatic rings. The maximum Gasteiger partial charge on any atom is 0.290 e. The molecular weight excluding hydrogens is 371 g/mol. The van der Waals surface area contributed by atoms with Gasteiger partial charge in [0.05, 0.1) is 4.92 Å². The zero-order valence-electron chi connectivity index (χ0n) is 12.9. The van der Waals surface area contributed by atoms with E-state index in [2.05, 4.69) is 0 Å². The number of hydrogen-bond donors (Lipinski definition) is 0. The number of nitrogens with zero attached hydrogens (tertiary/aromatic N) is 2. The standard InChI is InChI=1S/C16H14ClFN2O4S/c17-12-5-8-16(15(9-12)20(21)22)25(23,24)19(13-6-7-13)10-11-3-1-2-4-14(11)18/h1-5,8-9,13H,6-7,10H2. The topological polar surface area (TPSA) is 80.5 Å². The minimum absolute atomic E-state index is 0.0673. The van der Waals surface area contributed by atoms with Gasteiger partial charge in [-0.25, -0.2) is 12.8 Å². The smallest absolute Gasteiger partial charge is 0.258 e. The van der Waals surface area contributed by atoms with E-state index in [-0.39, 0.29) is 23.2 Å². The third-order valence-electron chi connectivity index (χ3n) is 3.94. The van der Waals surface area contributed by atoms with Crippen molar-refractivity contribution in [3.63, 3.8) is 0 Å². The molecule has 132 valence electrons. The van der Waals surface area contributed by atoms with Gasteiger partial charge in [-0.1, -0.05) is 29.8 Å². The lowest BCUT2D eigenvalue weighted by molar-refractivity contribution is -0.387. The average molecular weight is 385 g/mol. The largest absolute Gasteiger partial charge is 0.290 e. The van der Waals surface area contributed by atoms with Gasteiger partial charge in [-0.3, -0.25) is 10.1 Å². The lowest BCUT2D eigenvalue weighted by Crippen LogP contribution is -2.33. The Balaban J connectivity index is 2.05. The summed E-state index contributed by atoms with van der Waals surface area (Å²) in [5, 5.41) is 11.3. The van der Waals surface area contributed by atoms with Gasteiger partial charge in [0.1, 0.15) is 5.82 Å². The van der Waals surface area contributed by atoms with Crippen LogP contribution in [0.15, 0.2) is 47.4 Å². The van der Waals surface area contributed by atoms with E-state index in [0.717, 1.165) is 16.4 Å². The molecule has 9 heteroatoms. The number of sulfonamides is 1. The molecule has 0 heterocycles. The van der Waals surface area contributed by atoms with E-state index in [4.69, 9.17) is 11.6 Å². The third-order valence-corrected chi connectivity index (χ3v) is 6.12. The molecule has 0 aromatic heterocycles. The molecule has 0 aliphatic heterocycles. The van der Waals surface area contributed by atoms with E-state index in [9.17, 15) is 22.9 Å². The quantitative estimate of drug-likeness (QED) is 0.561. The maximum atomic E-state index is 13.9. The molecule has 3 rings (SSSR count). The predicted molar refractivity (Wildman–Crippen MR) is 90.3 cm³/mol. The second-order valence-electron chi connectivity index (χ2n) is 5.74. The van der Waals surface area contributed by atoms with E-state index in [1.807, 2.05) is 0 Å². The molecule has 2 aromatic carbocycles. The summed E-state index contributed by atoms with van der Waals surface area (Å²) in [7, 11) is -4.18. The Bertz CT molecular complexity index is 931. The number of halogens is 2. The van der Waals surface area contributed by atoms with Crippen molar-refractivity contribution in [2.24, 2.45) is 0 Å². The first-order chi connectivity index (χ1) is 11.8. The highest BCUT2D eigenvalue weighted by Gasteiger charge is 2.41. The van der Waals surface area contributed by atoms with Crippen LogP contribution in [0.3, 0.4) is 0 Å². The molecule has 6 nitrogen and oxygen atoms in total. The summed E-state index contributed by atoms with van der Waals surface area (Å²) < 4.78 is 41.1. The van der Waals surface area contributed by atoms with Gasteiger partial charge in [0.15, 0.2) is 4.90 Å². The molecule has 0 unspecified atom stereocenters. The van der Waals surface area contributed by atoms with Crippen molar-refractivity contribution in [2.45, 2.75) is 30.3 Å². The molecule has 1 fully saturated rings. The highest BCUT2D eigenvalue weighted by atomic mass is 35.5. The predicted octanol–water partition coefficient (Wildman–Crippen LogP) is 3.74. The van der Waals surface area contributed by atoms with Crippen LogP contribution in [-0.4, -0.2) is 23.7 Å². The molecule has 0 radical (unpaired) electrons. The summed E-state index contributed by atoms with van der Waals surface area (Å²) >= 11 is 5.75. The molecule has 0 N–H and O–H groups in total. The Hall–Kier alpha value is -2.03. The van der Waals surface area contributed by atoms with Crippen LogP contribution in [0.4, 0.5) is 10.1 Å². The van der Waals surface area contributed by atoms with Crippen LogP contribution in [0.1, 0.15) is 18.4 Å². The lowest BCUT2D eigenvalue weighted by Gasteiger charge is -2.22. The molecule has 0 spiro atoms. The highest BCUT2D eigenvalue weighted by Crippen LogP contribution is 2.37. The van der Waals surface area contributed by atoms with Crippen molar-refractivity contribution in [3.8, 4) is 0 Å². The summed E-state index contributed by atoms with van der Waals surface area (Å²) in [6.07, 6.45) is 1.27. The van der Waals surface area contributed by atoms with E-state index < -0.39 is 31.3 Å². The van der Waals surface area contributed by atoms with Gasteiger partial charge in [0, 0.05) is 29.2 Å². The second-order valence-corrected chi connectivity index (χ2v) is 8.04. The van der Waals surface area contributed by atoms with E-state index >= 15 is 0 Å². The van der Waals surface area contributed by atoms with Crippen molar-refractivity contribution in [1.82, 2.24) is 4.31 Å². The first kappa shape index (κ1) is 17.8. The summed E-state index contributed by atoms with van der Waals surface area (Å²) in [5.74, 6) is -0.519. The van der Waals surface area contributed by atoms with Crippen LogP contribution in [0.25, 0.3) is 0 Å². The van der Waals surface area contributed by atoms with Crippen LogP contribution in [0, 0.1) is 15.9 Å². The normalized spacial score (nSPS) is 14.7. The van der Waals surface area contributed by atoms with E-state index in [1.54, 1.807) is 6.07 Å². The Labute approximate surface area is 149 Å². The Kier molecular flexibility index (Phi) is 4.77. The monoisotopic (exact) mass is 384 g/mol. The van der Waals surface area contributed by atoms with Gasteiger partial charge < -0.3 is 0 Å². The number of nitro benzene ring substituents is 1. The first-order valence-corrected chi connectivity index (χ1v) is 9.31. The van der Waals surface area contributed by atoms with Crippen molar-refractivity contribution < 1.29 is 17.7 Å². The van der Waals surface area contributed by atoms with Crippen LogP contribution in [0.5, 0.6) is 0 Å². The Morgan fingerprint density at radius 3 is 2.52 bits per heavy atom. The maximum absolute atomic E-state index is 13.9. The molecule has 0 bridgehead atoms. The van der Waals surface area contributed by atoms with Crippen LogP contribution < -0.4 is 0 Å². The van der Waals surface area contributed by atoms with Gasteiger partial charge in [0.25, 0.3) is 5.69 Å². The summed E-state index contributed by atoms with van der Waals surface area (Å²) in [6, 6.07) is 8.98. The summed E-state index contributed by atoms with van der Waals surface area (Å²) in [6.45, 7) is -0.181. The van der Waals surface area contributed by atoms with Crippen molar-refractivity contribution >= 4 is 27.3 Å². The average Bonchev–Trinajstić information content (AvgIpc) is 3.38. The van der Waals surface area contributed by atoms with Crippen molar-refractivity contribution in [3.05, 3.63) is 69.0 Å². The fourth-order valence-electron chi connectivity index (χ4n) is 2.55. The molecule has 0 saturated heterocycles. The van der Waals surface area contributed by atoms with Gasteiger partial charge >= 0.3 is 0 Å². The molecule has 25 heavy (non-hydrogen) atoms. The third kappa shape index (κ3) is 3.65. The fourth-order valence-corrected chi connectivity index (χ4v) is 4.51. The summed E-state index contributed by atoms with van der Waals surface area (Å²) in [4.78, 5) is 10.0. The van der Waals surface area contributed by atoms with Crippen molar-refractivity contribution in [1.29, 1.82) is 0 Å². The van der Waals surface area contributed by atoms with Gasteiger partial charge in [0.2, 0.25) is 10.0 Å². The van der Waals surface area contributed by atoms with Gasteiger partial charge in [-0.05, 0) is 31.0 Å². The second kappa shape index (κ2) is 6.70. The van der Waals surface area contributed by atoms with Gasteiger partial charge in [-0.2, -0.15) is 4.31 Å². The molecular formula is C16H14ClFN2O4S. The van der Waals surface area contributed by atoms with Gasteiger partial charge in [-0.15, -0.1) is 0 Å². The van der Waals surface area contributed by atoms with E-state index in [0.29, 0.717) is 12.8 Å². The van der Waals surface area contributed by atoms with E-state index in [1.165, 1.54) is 24.3 Å². The Morgan fingerprint density at radius 1 is 1.24 bits per heavy atom. The molecule has 1 saturated carbocycles. The van der Waals surface area contributed by atoms with Crippen LogP contribution >= 0.6 is 11.6 Å². The lowest BCUT2D eigenvalue weighted by atomic mass is 10.2. The number of rotatable bonds is 6. The highest BCUT2D eigenvalue weighted by molar-refractivity contribution is 7.89. The number of hydrogen-bond acceptors (Lipinski definition) is 4. The zero-order valence-corrected chi connectivity index (χ0v) is 14.5. The fraction of sp³-hybridized carbons (Fsp3) is 0.250. The molecule has 1 aliphatic rings.